The Morgan fingerprint density at radius 3 is 2.70 bits per heavy atom. The van der Waals surface area contributed by atoms with Crippen molar-refractivity contribution in [2.45, 2.75) is 32.2 Å². The van der Waals surface area contributed by atoms with Crippen molar-refractivity contribution in [1.29, 1.82) is 0 Å². The molecule has 0 atom stereocenters. The van der Waals surface area contributed by atoms with Gasteiger partial charge in [0.25, 0.3) is 0 Å². The van der Waals surface area contributed by atoms with E-state index in [4.69, 9.17) is 0 Å². The van der Waals surface area contributed by atoms with Gasteiger partial charge < -0.3 is 4.90 Å². The maximum absolute atomic E-state index is 11.5. The molecule has 0 radical (unpaired) electrons. The molecule has 1 aromatic heterocycles. The Balaban J connectivity index is 1.72. The highest BCUT2D eigenvalue weighted by molar-refractivity contribution is 7.89. The summed E-state index contributed by atoms with van der Waals surface area (Å²) in [5, 5.41) is 0. The van der Waals surface area contributed by atoms with Crippen LogP contribution in [0.2, 0.25) is 0 Å². The molecular formula is C13H22N4O2S. The second-order valence-electron chi connectivity index (χ2n) is 5.08. The van der Waals surface area contributed by atoms with E-state index in [0.717, 1.165) is 44.6 Å². The van der Waals surface area contributed by atoms with Gasteiger partial charge in [0, 0.05) is 37.6 Å². The first kappa shape index (κ1) is 15.3. The van der Waals surface area contributed by atoms with Crippen LogP contribution in [0.5, 0.6) is 0 Å². The first-order valence-electron chi connectivity index (χ1n) is 7.06. The minimum absolute atomic E-state index is 0.0905. The van der Waals surface area contributed by atoms with Crippen LogP contribution in [0.25, 0.3) is 0 Å². The van der Waals surface area contributed by atoms with Gasteiger partial charge in [-0.2, -0.15) is 0 Å². The summed E-state index contributed by atoms with van der Waals surface area (Å²) >= 11 is 0. The van der Waals surface area contributed by atoms with E-state index in [-0.39, 0.29) is 11.8 Å². The Hall–Kier alpha value is -1.05. The van der Waals surface area contributed by atoms with E-state index in [1.54, 1.807) is 25.5 Å². The Morgan fingerprint density at radius 1 is 1.35 bits per heavy atom. The van der Waals surface area contributed by atoms with Crippen LogP contribution in [-0.4, -0.2) is 54.7 Å². The van der Waals surface area contributed by atoms with Crippen molar-refractivity contribution in [1.82, 2.24) is 19.6 Å². The maximum Gasteiger partial charge on any atom is 0.211 e. The first-order chi connectivity index (χ1) is 9.59. The molecule has 6 nitrogen and oxygen atoms in total. The molecule has 1 aliphatic heterocycles. The van der Waals surface area contributed by atoms with Crippen LogP contribution in [-0.2, 0) is 16.4 Å². The van der Waals surface area contributed by atoms with E-state index in [9.17, 15) is 8.42 Å². The zero-order valence-corrected chi connectivity index (χ0v) is 12.6. The van der Waals surface area contributed by atoms with Crippen LogP contribution in [0.4, 0.5) is 0 Å². The molecule has 20 heavy (non-hydrogen) atoms. The molecule has 2 heterocycles. The maximum atomic E-state index is 11.5. The van der Waals surface area contributed by atoms with E-state index >= 15 is 0 Å². The zero-order chi connectivity index (χ0) is 14.4. The number of likely N-dealkylation sites (tertiary alicyclic amines) is 1. The summed E-state index contributed by atoms with van der Waals surface area (Å²) in [7, 11) is -3.08. The van der Waals surface area contributed by atoms with Crippen LogP contribution < -0.4 is 4.72 Å². The predicted molar refractivity (Wildman–Crippen MR) is 77.8 cm³/mol. The number of sulfonamides is 1. The van der Waals surface area contributed by atoms with E-state index in [1.165, 1.54) is 0 Å². The molecule has 1 aliphatic rings. The lowest BCUT2D eigenvalue weighted by Crippen LogP contribution is -2.45. The number of nitrogens with one attached hydrogen (secondary N) is 1. The molecule has 0 amide bonds. The first-order valence-corrected chi connectivity index (χ1v) is 8.71. The van der Waals surface area contributed by atoms with Crippen molar-refractivity contribution in [3.63, 3.8) is 0 Å². The molecule has 0 bridgehead atoms. The SMILES string of the molecule is CCS(=O)(=O)NC1CCN(CCc2cnccn2)CC1. The topological polar surface area (TPSA) is 75.2 Å². The van der Waals surface area contributed by atoms with Gasteiger partial charge in [-0.1, -0.05) is 0 Å². The molecule has 2 rings (SSSR count). The Kier molecular flexibility index (Phi) is 5.45. The Bertz CT molecular complexity index is 498. The van der Waals surface area contributed by atoms with Crippen LogP contribution in [0.15, 0.2) is 18.6 Å². The van der Waals surface area contributed by atoms with Crippen molar-refractivity contribution in [2.75, 3.05) is 25.4 Å². The molecule has 1 fully saturated rings. The van der Waals surface area contributed by atoms with Crippen molar-refractivity contribution in [3.05, 3.63) is 24.3 Å². The molecule has 0 spiro atoms. The van der Waals surface area contributed by atoms with Crippen LogP contribution in [0.1, 0.15) is 25.5 Å². The van der Waals surface area contributed by atoms with Gasteiger partial charge in [0.05, 0.1) is 11.4 Å². The fourth-order valence-corrected chi connectivity index (χ4v) is 3.25. The van der Waals surface area contributed by atoms with Gasteiger partial charge in [0.1, 0.15) is 0 Å². The molecule has 0 saturated carbocycles. The van der Waals surface area contributed by atoms with Gasteiger partial charge in [-0.25, -0.2) is 13.1 Å². The molecule has 0 aromatic carbocycles. The zero-order valence-electron chi connectivity index (χ0n) is 11.8. The summed E-state index contributed by atoms with van der Waals surface area (Å²) in [4.78, 5) is 10.7. The number of hydrogen-bond donors (Lipinski definition) is 1. The molecule has 7 heteroatoms. The van der Waals surface area contributed by atoms with Crippen LogP contribution in [0.3, 0.4) is 0 Å². The number of nitrogens with zero attached hydrogens (tertiary/aromatic N) is 3. The molecule has 1 saturated heterocycles. The lowest BCUT2D eigenvalue weighted by atomic mass is 10.1. The molecule has 0 aliphatic carbocycles. The monoisotopic (exact) mass is 298 g/mol. The number of piperidine rings is 1. The Morgan fingerprint density at radius 2 is 2.10 bits per heavy atom. The van der Waals surface area contributed by atoms with Gasteiger partial charge in [0.2, 0.25) is 10.0 Å². The van der Waals surface area contributed by atoms with Gasteiger partial charge in [-0.05, 0) is 32.9 Å². The van der Waals surface area contributed by atoms with Gasteiger partial charge >= 0.3 is 0 Å². The van der Waals surface area contributed by atoms with Crippen molar-refractivity contribution < 1.29 is 8.42 Å². The molecular weight excluding hydrogens is 276 g/mol. The van der Waals surface area contributed by atoms with Crippen LogP contribution in [0, 0.1) is 0 Å². The third kappa shape index (κ3) is 4.81. The fraction of sp³-hybridized carbons (Fsp3) is 0.692. The highest BCUT2D eigenvalue weighted by Crippen LogP contribution is 2.11. The summed E-state index contributed by atoms with van der Waals surface area (Å²) in [6.07, 6.45) is 7.82. The molecule has 1 N–H and O–H groups in total. The lowest BCUT2D eigenvalue weighted by Gasteiger charge is -2.32. The van der Waals surface area contributed by atoms with Crippen molar-refractivity contribution in [2.24, 2.45) is 0 Å². The summed E-state index contributed by atoms with van der Waals surface area (Å²) in [6, 6.07) is 0.0905. The summed E-state index contributed by atoms with van der Waals surface area (Å²) in [5.74, 6) is 0.153. The number of rotatable bonds is 6. The van der Waals surface area contributed by atoms with E-state index in [0.29, 0.717) is 0 Å². The average Bonchev–Trinajstić information content (AvgIpc) is 2.47. The van der Waals surface area contributed by atoms with E-state index in [2.05, 4.69) is 19.6 Å². The van der Waals surface area contributed by atoms with Gasteiger partial charge in [-0.3, -0.25) is 9.97 Å². The van der Waals surface area contributed by atoms with Gasteiger partial charge in [-0.15, -0.1) is 0 Å². The molecule has 0 unspecified atom stereocenters. The molecule has 112 valence electrons. The highest BCUT2D eigenvalue weighted by Gasteiger charge is 2.22. The quantitative estimate of drug-likeness (QED) is 0.824. The highest BCUT2D eigenvalue weighted by atomic mass is 32.2. The van der Waals surface area contributed by atoms with Crippen molar-refractivity contribution >= 4 is 10.0 Å². The minimum atomic E-state index is -3.08. The smallest absolute Gasteiger partial charge is 0.211 e. The fourth-order valence-electron chi connectivity index (χ4n) is 2.34. The standard InChI is InChI=1S/C13H22N4O2S/c1-2-20(18,19)16-12-3-8-17(9-4-12)10-5-13-11-14-6-7-15-13/h6-7,11-12,16H,2-5,8-10H2,1H3. The number of hydrogen-bond acceptors (Lipinski definition) is 5. The second kappa shape index (κ2) is 7.10. The largest absolute Gasteiger partial charge is 0.303 e. The lowest BCUT2D eigenvalue weighted by molar-refractivity contribution is 0.209. The average molecular weight is 298 g/mol. The minimum Gasteiger partial charge on any atom is -0.303 e. The molecule has 1 aromatic rings. The second-order valence-corrected chi connectivity index (χ2v) is 7.13. The summed E-state index contributed by atoms with van der Waals surface area (Å²) in [6.45, 7) is 4.47. The summed E-state index contributed by atoms with van der Waals surface area (Å²) in [5.41, 5.74) is 1.00. The number of aromatic nitrogens is 2. The van der Waals surface area contributed by atoms with E-state index in [1.807, 2.05) is 0 Å². The van der Waals surface area contributed by atoms with Gasteiger partial charge in [0.15, 0.2) is 0 Å². The van der Waals surface area contributed by atoms with E-state index < -0.39 is 10.0 Å². The van der Waals surface area contributed by atoms with Crippen molar-refractivity contribution in [3.8, 4) is 0 Å². The summed E-state index contributed by atoms with van der Waals surface area (Å²) < 4.78 is 25.8. The normalized spacial score (nSPS) is 18.2. The Labute approximate surface area is 120 Å². The third-order valence-corrected chi connectivity index (χ3v) is 5.07. The predicted octanol–water partition coefficient (Wildman–Crippen LogP) is 0.423. The van der Waals surface area contributed by atoms with Crippen LogP contribution >= 0.6 is 0 Å². The third-order valence-electron chi connectivity index (χ3n) is 3.61.